The Morgan fingerprint density at radius 3 is 1.00 bits per heavy atom. The van der Waals surface area contributed by atoms with Gasteiger partial charge in [0.25, 0.3) is 0 Å². The predicted molar refractivity (Wildman–Crippen MR) is 170 cm³/mol. The van der Waals surface area contributed by atoms with E-state index in [2.05, 4.69) is 26.0 Å². The first-order chi connectivity index (χ1) is 18.7. The molecule has 0 radical (unpaired) electrons. The maximum atomic E-state index is 11.6. The second-order valence-electron chi connectivity index (χ2n) is 12.1. The van der Waals surface area contributed by atoms with Gasteiger partial charge in [-0.25, -0.2) is 0 Å². The lowest BCUT2D eigenvalue weighted by molar-refractivity contribution is -0.142. The van der Waals surface area contributed by atoms with E-state index >= 15 is 0 Å². The molecule has 2 heteroatoms. The van der Waals surface area contributed by atoms with Crippen molar-refractivity contribution in [1.82, 2.24) is 0 Å². The van der Waals surface area contributed by atoms with Crippen LogP contribution in [0.2, 0.25) is 0 Å². The normalized spacial score (nSPS) is 12.5. The fourth-order valence-corrected chi connectivity index (χ4v) is 5.61. The van der Waals surface area contributed by atoms with Gasteiger partial charge in [0, 0.05) is 0 Å². The van der Waals surface area contributed by atoms with Crippen molar-refractivity contribution in [3.8, 4) is 0 Å². The molecule has 0 aromatic heterocycles. The number of carboxylic acid groups (broad SMARTS) is 1. The van der Waals surface area contributed by atoms with E-state index in [4.69, 9.17) is 0 Å². The Hall–Kier alpha value is -0.790. The van der Waals surface area contributed by atoms with Gasteiger partial charge in [0.1, 0.15) is 0 Å². The molecule has 0 rings (SSSR count). The Kier molecular flexibility index (Phi) is 31.7. The summed E-state index contributed by atoms with van der Waals surface area (Å²) in [5.41, 5.74) is 0. The van der Waals surface area contributed by atoms with Crippen molar-refractivity contribution >= 4 is 5.97 Å². The van der Waals surface area contributed by atoms with E-state index in [1.807, 2.05) is 0 Å². The third-order valence-corrected chi connectivity index (χ3v) is 8.32. The number of carbonyl (C=O) groups is 1. The van der Waals surface area contributed by atoms with Crippen molar-refractivity contribution in [2.75, 3.05) is 0 Å². The molecule has 0 aromatic rings. The molecule has 0 heterocycles. The monoisotopic (exact) mass is 535 g/mol. The van der Waals surface area contributed by atoms with Crippen molar-refractivity contribution in [3.63, 3.8) is 0 Å². The zero-order valence-electron chi connectivity index (χ0n) is 26.3. The zero-order chi connectivity index (χ0) is 27.8. The zero-order valence-corrected chi connectivity index (χ0v) is 26.3. The maximum Gasteiger partial charge on any atom is 0.306 e. The Labute approximate surface area is 240 Å². The molecule has 0 fully saturated rings. The quantitative estimate of drug-likeness (QED) is 0.0688. The van der Waals surface area contributed by atoms with E-state index in [-0.39, 0.29) is 5.92 Å². The van der Waals surface area contributed by atoms with Crippen molar-refractivity contribution in [3.05, 3.63) is 12.2 Å². The van der Waals surface area contributed by atoms with E-state index in [0.29, 0.717) is 0 Å². The van der Waals surface area contributed by atoms with Gasteiger partial charge in [0.2, 0.25) is 0 Å². The highest BCUT2D eigenvalue weighted by molar-refractivity contribution is 5.69. The highest BCUT2D eigenvalue weighted by Crippen LogP contribution is 2.20. The number of hydrogen-bond acceptors (Lipinski definition) is 1. The van der Waals surface area contributed by atoms with Gasteiger partial charge in [-0.1, -0.05) is 180 Å². The van der Waals surface area contributed by atoms with Gasteiger partial charge in [0.05, 0.1) is 5.92 Å². The van der Waals surface area contributed by atoms with E-state index in [1.54, 1.807) is 0 Å². The number of hydrogen-bond donors (Lipinski definition) is 1. The molecule has 0 saturated carbocycles. The predicted octanol–water partition coefficient (Wildman–Crippen LogP) is 13.0. The minimum Gasteiger partial charge on any atom is -0.481 e. The minimum absolute atomic E-state index is 0.104. The first kappa shape index (κ1) is 37.2. The lowest BCUT2D eigenvalue weighted by Gasteiger charge is -2.12. The average Bonchev–Trinajstić information content (AvgIpc) is 2.91. The molecule has 0 amide bonds. The molecule has 0 aliphatic carbocycles. The molecule has 1 unspecified atom stereocenters. The Morgan fingerprint density at radius 1 is 0.447 bits per heavy atom. The van der Waals surface area contributed by atoms with Gasteiger partial charge in [-0.15, -0.1) is 0 Å². The van der Waals surface area contributed by atoms with Crippen LogP contribution >= 0.6 is 0 Å². The van der Waals surface area contributed by atoms with Crippen molar-refractivity contribution in [1.29, 1.82) is 0 Å². The fourth-order valence-electron chi connectivity index (χ4n) is 5.61. The second-order valence-corrected chi connectivity index (χ2v) is 12.1. The molecule has 0 bridgehead atoms. The Balaban J connectivity index is 3.42. The Bertz CT molecular complexity index is 484. The molecule has 226 valence electrons. The summed E-state index contributed by atoms with van der Waals surface area (Å²) in [6, 6.07) is 0. The summed E-state index contributed by atoms with van der Waals surface area (Å²) >= 11 is 0. The molecule has 1 atom stereocenters. The van der Waals surface area contributed by atoms with E-state index in [0.717, 1.165) is 25.7 Å². The summed E-state index contributed by atoms with van der Waals surface area (Å²) in [4.78, 5) is 11.6. The third-order valence-electron chi connectivity index (χ3n) is 8.32. The van der Waals surface area contributed by atoms with Crippen LogP contribution in [0.1, 0.15) is 206 Å². The summed E-state index contributed by atoms with van der Waals surface area (Å²) in [6.07, 6.45) is 43.9. The average molecular weight is 535 g/mol. The molecular weight excluding hydrogens is 464 g/mol. The molecule has 0 saturated heterocycles. The van der Waals surface area contributed by atoms with Crippen LogP contribution in [0.4, 0.5) is 0 Å². The standard InChI is InChI=1S/C36H70O2/c1-3-5-7-9-11-13-15-17-18-19-20-21-22-24-26-28-30-32-34-35(36(37)38)33-31-29-27-25-23-16-14-12-10-8-6-4-2/h17-18,35H,3-16,19-34H2,1-2H3,(H,37,38). The number of unbranched alkanes of at least 4 members (excludes halogenated alkanes) is 25. The van der Waals surface area contributed by atoms with Crippen LogP contribution in [0.5, 0.6) is 0 Å². The first-order valence-electron chi connectivity index (χ1n) is 17.6. The van der Waals surface area contributed by atoms with Gasteiger partial charge in [-0.2, -0.15) is 0 Å². The third kappa shape index (κ3) is 29.8. The summed E-state index contributed by atoms with van der Waals surface area (Å²) in [6.45, 7) is 4.56. The number of allylic oxidation sites excluding steroid dienone is 2. The van der Waals surface area contributed by atoms with Gasteiger partial charge < -0.3 is 5.11 Å². The minimum atomic E-state index is -0.561. The topological polar surface area (TPSA) is 37.3 Å². The van der Waals surface area contributed by atoms with Gasteiger partial charge >= 0.3 is 5.97 Å². The SMILES string of the molecule is CCCCCCCCC=CCCCCCCCCCCC(CCCCCCCCCCCCCC)C(=O)O. The number of rotatable bonds is 32. The summed E-state index contributed by atoms with van der Waals surface area (Å²) in [5.74, 6) is -0.665. The van der Waals surface area contributed by atoms with Gasteiger partial charge in [-0.3, -0.25) is 4.79 Å². The number of carboxylic acids is 1. The number of aliphatic carboxylic acids is 1. The van der Waals surface area contributed by atoms with Crippen molar-refractivity contribution in [2.45, 2.75) is 206 Å². The van der Waals surface area contributed by atoms with Crippen LogP contribution in [0.3, 0.4) is 0 Å². The van der Waals surface area contributed by atoms with Crippen LogP contribution in [-0.2, 0) is 4.79 Å². The lowest BCUT2D eigenvalue weighted by Crippen LogP contribution is -2.13. The first-order valence-corrected chi connectivity index (χ1v) is 17.6. The van der Waals surface area contributed by atoms with Crippen LogP contribution in [0.25, 0.3) is 0 Å². The van der Waals surface area contributed by atoms with Crippen molar-refractivity contribution in [2.24, 2.45) is 5.92 Å². The van der Waals surface area contributed by atoms with Gasteiger partial charge in [-0.05, 0) is 38.5 Å². The molecule has 0 spiro atoms. The smallest absolute Gasteiger partial charge is 0.306 e. The molecule has 38 heavy (non-hydrogen) atoms. The summed E-state index contributed by atoms with van der Waals surface area (Å²) in [5, 5.41) is 9.59. The second kappa shape index (κ2) is 32.4. The fraction of sp³-hybridized carbons (Fsp3) is 0.917. The highest BCUT2D eigenvalue weighted by atomic mass is 16.4. The molecular formula is C36H70O2. The van der Waals surface area contributed by atoms with Crippen LogP contribution < -0.4 is 0 Å². The molecule has 1 N–H and O–H groups in total. The maximum absolute atomic E-state index is 11.6. The largest absolute Gasteiger partial charge is 0.481 e. The molecule has 0 aromatic carbocycles. The Morgan fingerprint density at radius 2 is 0.711 bits per heavy atom. The summed E-state index contributed by atoms with van der Waals surface area (Å²) in [7, 11) is 0. The summed E-state index contributed by atoms with van der Waals surface area (Å²) < 4.78 is 0. The molecule has 2 nitrogen and oxygen atoms in total. The van der Waals surface area contributed by atoms with Crippen LogP contribution in [0.15, 0.2) is 12.2 Å². The molecule has 0 aliphatic heterocycles. The van der Waals surface area contributed by atoms with E-state index in [9.17, 15) is 9.90 Å². The molecule has 0 aliphatic rings. The van der Waals surface area contributed by atoms with Gasteiger partial charge in [0.15, 0.2) is 0 Å². The van der Waals surface area contributed by atoms with E-state index in [1.165, 1.54) is 167 Å². The van der Waals surface area contributed by atoms with Crippen molar-refractivity contribution < 1.29 is 9.90 Å². The van der Waals surface area contributed by atoms with E-state index < -0.39 is 5.97 Å². The van der Waals surface area contributed by atoms with Crippen LogP contribution in [0, 0.1) is 5.92 Å². The van der Waals surface area contributed by atoms with Crippen LogP contribution in [-0.4, -0.2) is 11.1 Å². The lowest BCUT2D eigenvalue weighted by atomic mass is 9.94. The highest BCUT2D eigenvalue weighted by Gasteiger charge is 2.16.